The highest BCUT2D eigenvalue weighted by Crippen LogP contribution is 2.07. The summed E-state index contributed by atoms with van der Waals surface area (Å²) in [6.07, 6.45) is 7.51. The molecule has 1 aliphatic rings. The third kappa shape index (κ3) is 3.20. The second-order valence-corrected chi connectivity index (χ2v) is 2.89. The van der Waals surface area contributed by atoms with Crippen molar-refractivity contribution >= 4 is 0 Å². The number of allylic oxidation sites excluding steroid dienone is 1. The molecule has 0 bridgehead atoms. The fourth-order valence-electron chi connectivity index (χ4n) is 1.40. The highest BCUT2D eigenvalue weighted by Gasteiger charge is 2.06. The Balaban J connectivity index is 2.15. The first-order chi connectivity index (χ1) is 5.43. The molecule has 0 saturated carbocycles. The van der Waals surface area contributed by atoms with Gasteiger partial charge in [0.25, 0.3) is 0 Å². The summed E-state index contributed by atoms with van der Waals surface area (Å²) < 4.78 is 0. The maximum absolute atomic E-state index is 8.24. The molecule has 1 heterocycles. The molecular weight excluding hydrogens is 136 g/mol. The average Bonchev–Trinajstić information content (AvgIpc) is 2.07. The van der Waals surface area contributed by atoms with Crippen LogP contribution < -0.4 is 0 Å². The molecule has 0 aromatic heterocycles. The monoisotopic (exact) mass is 150 g/mol. The predicted molar refractivity (Wildman–Crippen MR) is 45.0 cm³/mol. The Morgan fingerprint density at radius 2 is 2.00 bits per heavy atom. The minimum Gasteiger partial charge on any atom is -0.300 e. The standard InChI is InChI=1S/C9H14N2/c10-6-2-5-9-11-7-3-1-4-8-11/h2,5H,1,3-4,7-9H2. The molecule has 0 radical (unpaired) electrons. The predicted octanol–water partition coefficient (Wildman–Crippen LogP) is 1.55. The van der Waals surface area contributed by atoms with Crippen molar-refractivity contribution in [1.82, 2.24) is 4.90 Å². The lowest BCUT2D eigenvalue weighted by Gasteiger charge is -2.24. The van der Waals surface area contributed by atoms with E-state index in [1.165, 1.54) is 32.4 Å². The van der Waals surface area contributed by atoms with Crippen LogP contribution in [0.4, 0.5) is 0 Å². The molecule has 11 heavy (non-hydrogen) atoms. The largest absolute Gasteiger partial charge is 0.300 e. The second-order valence-electron chi connectivity index (χ2n) is 2.89. The maximum Gasteiger partial charge on any atom is 0.0909 e. The summed E-state index contributed by atoms with van der Waals surface area (Å²) in [7, 11) is 0. The first-order valence-electron chi connectivity index (χ1n) is 4.20. The normalized spacial score (nSPS) is 20.3. The SMILES string of the molecule is N#CC=CCN1CCCCC1. The van der Waals surface area contributed by atoms with Gasteiger partial charge >= 0.3 is 0 Å². The molecule has 0 spiro atoms. The molecule has 2 heteroatoms. The molecular formula is C9H14N2. The van der Waals surface area contributed by atoms with Gasteiger partial charge in [-0.1, -0.05) is 12.5 Å². The van der Waals surface area contributed by atoms with Crippen molar-refractivity contribution in [2.24, 2.45) is 0 Å². The summed E-state index contributed by atoms with van der Waals surface area (Å²) in [5.41, 5.74) is 0. The zero-order chi connectivity index (χ0) is 7.94. The Labute approximate surface area is 68.1 Å². The van der Waals surface area contributed by atoms with E-state index in [0.29, 0.717) is 0 Å². The number of hydrogen-bond donors (Lipinski definition) is 0. The van der Waals surface area contributed by atoms with Crippen molar-refractivity contribution in [3.05, 3.63) is 12.2 Å². The van der Waals surface area contributed by atoms with Gasteiger partial charge in [-0.25, -0.2) is 0 Å². The van der Waals surface area contributed by atoms with Crippen LogP contribution in [0.25, 0.3) is 0 Å². The summed E-state index contributed by atoms with van der Waals surface area (Å²) in [4.78, 5) is 2.39. The van der Waals surface area contributed by atoms with Crippen LogP contribution in [0.2, 0.25) is 0 Å². The van der Waals surface area contributed by atoms with Gasteiger partial charge in [-0.2, -0.15) is 5.26 Å². The van der Waals surface area contributed by atoms with Crippen molar-refractivity contribution in [3.63, 3.8) is 0 Å². The summed E-state index contributed by atoms with van der Waals surface area (Å²) in [5, 5.41) is 8.24. The number of rotatable bonds is 2. The molecule has 1 aliphatic heterocycles. The van der Waals surface area contributed by atoms with Crippen LogP contribution in [0.15, 0.2) is 12.2 Å². The minimum atomic E-state index is 0.952. The van der Waals surface area contributed by atoms with Crippen molar-refractivity contribution in [2.45, 2.75) is 19.3 Å². The molecule has 0 aliphatic carbocycles. The van der Waals surface area contributed by atoms with Crippen LogP contribution in [-0.2, 0) is 0 Å². The average molecular weight is 150 g/mol. The smallest absolute Gasteiger partial charge is 0.0909 e. The summed E-state index contributed by atoms with van der Waals surface area (Å²) in [5.74, 6) is 0. The van der Waals surface area contributed by atoms with Crippen LogP contribution >= 0.6 is 0 Å². The van der Waals surface area contributed by atoms with E-state index < -0.39 is 0 Å². The minimum absolute atomic E-state index is 0.952. The Morgan fingerprint density at radius 3 is 2.64 bits per heavy atom. The van der Waals surface area contributed by atoms with Crippen molar-refractivity contribution < 1.29 is 0 Å². The first-order valence-corrected chi connectivity index (χ1v) is 4.20. The molecule has 0 aromatic rings. The second kappa shape index (κ2) is 4.92. The van der Waals surface area contributed by atoms with E-state index in [1.54, 1.807) is 6.08 Å². The Morgan fingerprint density at radius 1 is 1.27 bits per heavy atom. The molecule has 0 N–H and O–H groups in total. The third-order valence-corrected chi connectivity index (χ3v) is 2.00. The molecule has 1 fully saturated rings. The number of hydrogen-bond acceptors (Lipinski definition) is 2. The van der Waals surface area contributed by atoms with E-state index >= 15 is 0 Å². The van der Waals surface area contributed by atoms with Gasteiger partial charge < -0.3 is 0 Å². The van der Waals surface area contributed by atoms with Gasteiger partial charge in [0.05, 0.1) is 6.07 Å². The highest BCUT2D eigenvalue weighted by atomic mass is 15.1. The third-order valence-electron chi connectivity index (χ3n) is 2.00. The lowest BCUT2D eigenvalue weighted by Crippen LogP contribution is -2.29. The number of piperidine rings is 1. The fourth-order valence-corrected chi connectivity index (χ4v) is 1.40. The number of nitrogens with zero attached hydrogens (tertiary/aromatic N) is 2. The molecule has 0 aromatic carbocycles. The quantitative estimate of drug-likeness (QED) is 0.558. The zero-order valence-corrected chi connectivity index (χ0v) is 6.79. The Kier molecular flexibility index (Phi) is 3.71. The zero-order valence-electron chi connectivity index (χ0n) is 6.79. The van der Waals surface area contributed by atoms with E-state index in [-0.39, 0.29) is 0 Å². The van der Waals surface area contributed by atoms with Gasteiger partial charge in [-0.3, -0.25) is 4.90 Å². The first kappa shape index (κ1) is 8.29. The van der Waals surface area contributed by atoms with E-state index in [9.17, 15) is 0 Å². The summed E-state index contributed by atoms with van der Waals surface area (Å²) in [6, 6.07) is 2.00. The topological polar surface area (TPSA) is 27.0 Å². The fraction of sp³-hybridized carbons (Fsp3) is 0.667. The maximum atomic E-state index is 8.24. The van der Waals surface area contributed by atoms with Gasteiger partial charge in [-0.05, 0) is 25.9 Å². The van der Waals surface area contributed by atoms with Crippen LogP contribution in [0, 0.1) is 11.3 Å². The molecule has 0 unspecified atom stereocenters. The van der Waals surface area contributed by atoms with Gasteiger partial charge in [0.15, 0.2) is 0 Å². The van der Waals surface area contributed by atoms with Crippen molar-refractivity contribution in [2.75, 3.05) is 19.6 Å². The Bertz CT molecular complexity index is 161. The van der Waals surface area contributed by atoms with E-state index in [1.807, 2.05) is 12.1 Å². The molecule has 60 valence electrons. The van der Waals surface area contributed by atoms with Crippen LogP contribution in [0.5, 0.6) is 0 Å². The molecule has 0 amide bonds. The lowest BCUT2D eigenvalue weighted by molar-refractivity contribution is 0.251. The molecule has 0 atom stereocenters. The van der Waals surface area contributed by atoms with Crippen LogP contribution in [0.1, 0.15) is 19.3 Å². The lowest BCUT2D eigenvalue weighted by atomic mass is 10.1. The van der Waals surface area contributed by atoms with Crippen molar-refractivity contribution in [1.29, 1.82) is 5.26 Å². The molecule has 1 saturated heterocycles. The van der Waals surface area contributed by atoms with Gasteiger partial charge in [0, 0.05) is 12.6 Å². The number of likely N-dealkylation sites (tertiary alicyclic amines) is 1. The van der Waals surface area contributed by atoms with Crippen LogP contribution in [-0.4, -0.2) is 24.5 Å². The highest BCUT2D eigenvalue weighted by molar-refractivity contribution is 5.02. The van der Waals surface area contributed by atoms with E-state index in [4.69, 9.17) is 5.26 Å². The number of nitriles is 1. The molecule has 1 rings (SSSR count). The Hall–Kier alpha value is -0.810. The van der Waals surface area contributed by atoms with Crippen molar-refractivity contribution in [3.8, 4) is 6.07 Å². The van der Waals surface area contributed by atoms with Gasteiger partial charge in [-0.15, -0.1) is 0 Å². The van der Waals surface area contributed by atoms with Crippen LogP contribution in [0.3, 0.4) is 0 Å². The van der Waals surface area contributed by atoms with Gasteiger partial charge in [0.1, 0.15) is 0 Å². The summed E-state index contributed by atoms with van der Waals surface area (Å²) >= 11 is 0. The van der Waals surface area contributed by atoms with E-state index in [2.05, 4.69) is 4.90 Å². The summed E-state index contributed by atoms with van der Waals surface area (Å²) in [6.45, 7) is 3.36. The van der Waals surface area contributed by atoms with E-state index in [0.717, 1.165) is 6.54 Å². The molecule has 2 nitrogen and oxygen atoms in total. The van der Waals surface area contributed by atoms with Gasteiger partial charge in [0.2, 0.25) is 0 Å².